The van der Waals surface area contributed by atoms with Crippen LogP contribution in [-0.4, -0.2) is 43.6 Å². The van der Waals surface area contributed by atoms with Crippen LogP contribution >= 0.6 is 11.6 Å². The molecule has 0 atom stereocenters. The van der Waals surface area contributed by atoms with Gasteiger partial charge in [-0.3, -0.25) is 4.79 Å². The van der Waals surface area contributed by atoms with E-state index < -0.39 is 33.4 Å². The summed E-state index contributed by atoms with van der Waals surface area (Å²) in [6.07, 6.45) is -0.736. The van der Waals surface area contributed by atoms with Crippen LogP contribution in [0.2, 0.25) is 5.02 Å². The summed E-state index contributed by atoms with van der Waals surface area (Å²) in [7, 11) is -3.88. The van der Waals surface area contributed by atoms with E-state index in [-0.39, 0.29) is 22.2 Å². The van der Waals surface area contributed by atoms with Gasteiger partial charge in [0.15, 0.2) is 0 Å². The molecule has 0 aliphatic carbocycles. The van der Waals surface area contributed by atoms with Crippen LogP contribution in [0.5, 0.6) is 0 Å². The van der Waals surface area contributed by atoms with Crippen molar-refractivity contribution in [2.75, 3.05) is 17.8 Å². The summed E-state index contributed by atoms with van der Waals surface area (Å²) in [5.41, 5.74) is -0.435. The summed E-state index contributed by atoms with van der Waals surface area (Å²) in [4.78, 5) is 22.9. The number of hydrogen-bond acceptors (Lipinski definition) is 6. The zero-order valence-corrected chi connectivity index (χ0v) is 15.0. The van der Waals surface area contributed by atoms with Crippen LogP contribution in [0, 0.1) is 0 Å². The maximum absolute atomic E-state index is 11.7. The van der Waals surface area contributed by atoms with Gasteiger partial charge < -0.3 is 20.5 Å². The Kier molecular flexibility index (Phi) is 6.58. The Morgan fingerprint density at radius 3 is 2.42 bits per heavy atom. The topological polar surface area (TPSA) is 122 Å². The smallest absolute Gasteiger partial charge is 0.408 e. The van der Waals surface area contributed by atoms with Crippen molar-refractivity contribution >= 4 is 39.1 Å². The predicted octanol–water partition coefficient (Wildman–Crippen LogP) is 1.53. The highest BCUT2D eigenvalue weighted by atomic mass is 35.5. The fraction of sp³-hybridized carbons (Fsp3) is 0.429. The number of sulfone groups is 1. The summed E-state index contributed by atoms with van der Waals surface area (Å²) in [6, 6.07) is 3.72. The third-order valence-electron chi connectivity index (χ3n) is 2.51. The molecular formula is C14H19ClN2O6S. The van der Waals surface area contributed by atoms with E-state index in [0.29, 0.717) is 0 Å². The molecule has 0 aliphatic rings. The molecule has 3 N–H and O–H groups in total. The highest BCUT2D eigenvalue weighted by molar-refractivity contribution is 7.91. The second-order valence-corrected chi connectivity index (χ2v) is 8.13. The van der Waals surface area contributed by atoms with Gasteiger partial charge in [-0.05, 0) is 39.0 Å². The van der Waals surface area contributed by atoms with E-state index in [1.165, 1.54) is 18.2 Å². The maximum atomic E-state index is 11.7. The Bertz CT molecular complexity index is 727. The number of halogens is 1. The number of carbonyl (C=O) groups is 2. The highest BCUT2D eigenvalue weighted by Gasteiger charge is 2.18. The molecule has 0 aliphatic heterocycles. The molecule has 1 aromatic rings. The molecule has 24 heavy (non-hydrogen) atoms. The molecule has 1 aromatic carbocycles. The molecule has 0 bridgehead atoms. The minimum Gasteiger partial charge on any atom is -0.444 e. The van der Waals surface area contributed by atoms with Gasteiger partial charge in [-0.2, -0.15) is 0 Å². The van der Waals surface area contributed by atoms with Crippen LogP contribution in [0.15, 0.2) is 23.1 Å². The lowest BCUT2D eigenvalue weighted by atomic mass is 10.2. The summed E-state index contributed by atoms with van der Waals surface area (Å²) in [6.45, 7) is 4.74. The molecule has 0 spiro atoms. The Hall–Kier alpha value is -1.84. The maximum Gasteiger partial charge on any atom is 0.408 e. The van der Waals surface area contributed by atoms with Crippen LogP contribution < -0.4 is 10.6 Å². The van der Waals surface area contributed by atoms with Crippen LogP contribution in [0.25, 0.3) is 0 Å². The fourth-order valence-electron chi connectivity index (χ4n) is 1.57. The molecule has 0 saturated carbocycles. The second-order valence-electron chi connectivity index (χ2n) is 5.79. The van der Waals surface area contributed by atoms with Gasteiger partial charge in [0.25, 0.3) is 0 Å². The third-order valence-corrected chi connectivity index (χ3v) is 4.30. The van der Waals surface area contributed by atoms with Gasteiger partial charge in [0.2, 0.25) is 15.7 Å². The lowest BCUT2D eigenvalue weighted by Crippen LogP contribution is -2.37. The van der Waals surface area contributed by atoms with Crippen molar-refractivity contribution in [2.24, 2.45) is 0 Å². The van der Waals surface area contributed by atoms with Crippen LogP contribution in [0.4, 0.5) is 10.5 Å². The molecule has 134 valence electrons. The molecule has 0 aromatic heterocycles. The number of alkyl carbamates (subject to hydrolysis) is 1. The molecule has 0 radical (unpaired) electrons. The zero-order valence-electron chi connectivity index (χ0n) is 13.4. The number of hydrogen-bond donors (Lipinski definition) is 3. The molecule has 8 nitrogen and oxygen atoms in total. The first kappa shape index (κ1) is 20.2. The Balaban J connectivity index is 2.66. The van der Waals surface area contributed by atoms with Crippen molar-refractivity contribution in [1.82, 2.24) is 5.32 Å². The third kappa shape index (κ3) is 6.34. The molecule has 0 heterocycles. The number of aliphatic hydroxyl groups excluding tert-OH is 1. The molecule has 0 unspecified atom stereocenters. The lowest BCUT2D eigenvalue weighted by molar-refractivity contribution is -0.115. The molecule has 0 fully saturated rings. The number of nitrogens with one attached hydrogen (secondary N) is 2. The number of anilines is 1. The van der Waals surface area contributed by atoms with Crippen LogP contribution in [0.3, 0.4) is 0 Å². The quantitative estimate of drug-likeness (QED) is 0.714. The van der Waals surface area contributed by atoms with E-state index in [4.69, 9.17) is 21.4 Å². The number of carbonyl (C=O) groups excluding carboxylic acids is 2. The fourth-order valence-corrected chi connectivity index (χ4v) is 2.88. The van der Waals surface area contributed by atoms with Gasteiger partial charge in [0.05, 0.1) is 9.92 Å². The van der Waals surface area contributed by atoms with Crippen molar-refractivity contribution in [3.05, 3.63) is 23.2 Å². The van der Waals surface area contributed by atoms with Crippen molar-refractivity contribution in [3.8, 4) is 0 Å². The number of ether oxygens (including phenoxy) is 1. The van der Waals surface area contributed by atoms with E-state index in [2.05, 4.69) is 10.6 Å². The van der Waals surface area contributed by atoms with Gasteiger partial charge in [-0.15, -0.1) is 0 Å². The Morgan fingerprint density at radius 1 is 1.29 bits per heavy atom. The predicted molar refractivity (Wildman–Crippen MR) is 88.6 cm³/mol. The SMILES string of the molecule is CC(C)(C)OC(=O)NCC(=O)Nc1ccc(S(=O)(=O)CO)c(Cl)c1. The molecule has 1 rings (SSSR count). The number of rotatable bonds is 5. The van der Waals surface area contributed by atoms with Crippen LogP contribution in [-0.2, 0) is 19.4 Å². The first-order valence-corrected chi connectivity index (χ1v) is 8.87. The van der Waals surface area contributed by atoms with E-state index in [1.807, 2.05) is 0 Å². The Morgan fingerprint density at radius 2 is 1.92 bits per heavy atom. The van der Waals surface area contributed by atoms with Gasteiger partial charge >= 0.3 is 6.09 Å². The lowest BCUT2D eigenvalue weighted by Gasteiger charge is -2.19. The van der Waals surface area contributed by atoms with Gasteiger partial charge in [-0.25, -0.2) is 13.2 Å². The largest absolute Gasteiger partial charge is 0.444 e. The number of amides is 2. The van der Waals surface area contributed by atoms with Crippen molar-refractivity contribution in [3.63, 3.8) is 0 Å². The van der Waals surface area contributed by atoms with Crippen molar-refractivity contribution < 1.29 is 27.9 Å². The first-order chi connectivity index (χ1) is 10.9. The van der Waals surface area contributed by atoms with E-state index in [9.17, 15) is 18.0 Å². The molecule has 0 saturated heterocycles. The summed E-state index contributed by atoms with van der Waals surface area (Å²) in [5.74, 6) is -1.62. The number of benzene rings is 1. The summed E-state index contributed by atoms with van der Waals surface area (Å²) < 4.78 is 28.1. The van der Waals surface area contributed by atoms with E-state index in [0.717, 1.165) is 0 Å². The first-order valence-electron chi connectivity index (χ1n) is 6.84. The van der Waals surface area contributed by atoms with Gasteiger partial charge in [0.1, 0.15) is 18.1 Å². The minimum absolute atomic E-state index is 0.137. The normalized spacial score (nSPS) is 11.7. The highest BCUT2D eigenvalue weighted by Crippen LogP contribution is 2.25. The molecular weight excluding hydrogens is 360 g/mol. The second kappa shape index (κ2) is 7.82. The molecule has 10 heteroatoms. The minimum atomic E-state index is -3.88. The average Bonchev–Trinajstić information content (AvgIpc) is 2.43. The Labute approximate surface area is 145 Å². The van der Waals surface area contributed by atoms with Gasteiger partial charge in [0, 0.05) is 5.69 Å². The van der Waals surface area contributed by atoms with Crippen LogP contribution in [0.1, 0.15) is 20.8 Å². The van der Waals surface area contributed by atoms with Crippen molar-refractivity contribution in [1.29, 1.82) is 0 Å². The standard InChI is InChI=1S/C14H19ClN2O6S/c1-14(2,3)23-13(20)16-7-12(19)17-9-4-5-11(10(15)6-9)24(21,22)8-18/h4-6,18H,7-8H2,1-3H3,(H,16,20)(H,17,19). The average molecular weight is 379 g/mol. The number of aliphatic hydroxyl groups is 1. The van der Waals surface area contributed by atoms with E-state index in [1.54, 1.807) is 20.8 Å². The summed E-state index contributed by atoms with van der Waals surface area (Å²) in [5, 5.41) is 13.4. The van der Waals surface area contributed by atoms with Gasteiger partial charge in [-0.1, -0.05) is 11.6 Å². The molecule has 2 amide bonds. The van der Waals surface area contributed by atoms with Crippen molar-refractivity contribution in [2.45, 2.75) is 31.3 Å². The zero-order chi connectivity index (χ0) is 18.5. The monoisotopic (exact) mass is 378 g/mol. The van der Waals surface area contributed by atoms with E-state index >= 15 is 0 Å². The summed E-state index contributed by atoms with van der Waals surface area (Å²) >= 11 is 5.84.